The Balaban J connectivity index is 1.53. The summed E-state index contributed by atoms with van der Waals surface area (Å²) in [4.78, 5) is 24.0. The van der Waals surface area contributed by atoms with Crippen LogP contribution >= 0.6 is 39.1 Å². The van der Waals surface area contributed by atoms with Crippen molar-refractivity contribution in [3.05, 3.63) is 56.0 Å². The Hall–Kier alpha value is -1.96. The van der Waals surface area contributed by atoms with Gasteiger partial charge in [-0.3, -0.25) is 9.59 Å². The van der Waals surface area contributed by atoms with Crippen LogP contribution in [0.5, 0.6) is 11.5 Å². The van der Waals surface area contributed by atoms with Gasteiger partial charge in [-0.2, -0.15) is 0 Å². The molecule has 1 aliphatic heterocycles. The van der Waals surface area contributed by atoms with E-state index in [9.17, 15) is 9.59 Å². The van der Waals surface area contributed by atoms with E-state index in [0.29, 0.717) is 29.7 Å². The van der Waals surface area contributed by atoms with E-state index in [2.05, 4.69) is 21.2 Å². The zero-order chi connectivity index (χ0) is 19.4. The number of hydrogen-bond donors (Lipinski definition) is 1. The van der Waals surface area contributed by atoms with Crippen LogP contribution in [0.1, 0.15) is 15.9 Å². The average Bonchev–Trinajstić information content (AvgIpc) is 2.64. The van der Waals surface area contributed by atoms with Crippen LogP contribution in [0.25, 0.3) is 0 Å². The van der Waals surface area contributed by atoms with E-state index >= 15 is 0 Å². The van der Waals surface area contributed by atoms with Crippen molar-refractivity contribution in [3.63, 3.8) is 0 Å². The average molecular weight is 475 g/mol. The lowest BCUT2D eigenvalue weighted by atomic mass is 10.2. The van der Waals surface area contributed by atoms with E-state index in [1.54, 1.807) is 18.2 Å². The Labute approximate surface area is 173 Å². The maximum atomic E-state index is 12.1. The second-order valence-electron chi connectivity index (χ2n) is 5.55. The Morgan fingerprint density at radius 2 is 1.81 bits per heavy atom. The van der Waals surface area contributed by atoms with Gasteiger partial charge in [0.2, 0.25) is 0 Å². The van der Waals surface area contributed by atoms with Gasteiger partial charge < -0.3 is 19.5 Å². The van der Waals surface area contributed by atoms with E-state index in [4.69, 9.17) is 37.4 Å². The number of carbonyl (C=O) groups is 2. The molecule has 27 heavy (non-hydrogen) atoms. The summed E-state index contributed by atoms with van der Waals surface area (Å²) in [5.41, 5.74) is 0.947. The van der Waals surface area contributed by atoms with Crippen LogP contribution in [-0.2, 0) is 16.1 Å². The highest BCUT2D eigenvalue weighted by atomic mass is 79.9. The minimum Gasteiger partial charge on any atom is -0.486 e. The van der Waals surface area contributed by atoms with E-state index < -0.39 is 11.9 Å². The fraction of sp³-hybridized carbons (Fsp3) is 0.222. The first-order chi connectivity index (χ1) is 12.9. The molecule has 0 bridgehead atoms. The number of amides is 1. The Kier molecular flexibility index (Phi) is 6.46. The molecule has 2 aromatic carbocycles. The largest absolute Gasteiger partial charge is 0.486 e. The summed E-state index contributed by atoms with van der Waals surface area (Å²) in [5, 5.41) is 3.08. The third-order valence-corrected chi connectivity index (χ3v) is 4.95. The number of halogens is 3. The van der Waals surface area contributed by atoms with Gasteiger partial charge in [0.25, 0.3) is 5.91 Å². The molecule has 1 amide bonds. The van der Waals surface area contributed by atoms with Crippen molar-refractivity contribution in [3.8, 4) is 11.5 Å². The zero-order valence-electron chi connectivity index (χ0n) is 13.9. The van der Waals surface area contributed by atoms with Crippen LogP contribution in [0.15, 0.2) is 34.8 Å². The van der Waals surface area contributed by atoms with E-state index in [1.807, 2.05) is 0 Å². The van der Waals surface area contributed by atoms with Gasteiger partial charge in [-0.15, -0.1) is 0 Å². The lowest BCUT2D eigenvalue weighted by Gasteiger charge is -2.19. The van der Waals surface area contributed by atoms with E-state index in [-0.39, 0.29) is 23.7 Å². The minimum atomic E-state index is -0.588. The van der Waals surface area contributed by atoms with E-state index in [0.717, 1.165) is 10.0 Å². The van der Waals surface area contributed by atoms with Crippen LogP contribution in [0, 0.1) is 0 Å². The molecule has 3 rings (SSSR count). The van der Waals surface area contributed by atoms with E-state index in [1.165, 1.54) is 12.1 Å². The van der Waals surface area contributed by atoms with Gasteiger partial charge in [-0.1, -0.05) is 39.1 Å². The molecule has 0 unspecified atom stereocenters. The monoisotopic (exact) mass is 473 g/mol. The smallest absolute Gasteiger partial charge is 0.325 e. The molecule has 0 fully saturated rings. The molecule has 1 N–H and O–H groups in total. The fourth-order valence-corrected chi connectivity index (χ4v) is 3.28. The van der Waals surface area contributed by atoms with Gasteiger partial charge in [-0.05, 0) is 30.3 Å². The third-order valence-electron chi connectivity index (χ3n) is 3.67. The van der Waals surface area contributed by atoms with Gasteiger partial charge in [0.1, 0.15) is 26.4 Å². The maximum Gasteiger partial charge on any atom is 0.325 e. The highest BCUT2D eigenvalue weighted by Gasteiger charge is 2.17. The minimum absolute atomic E-state index is 0.0215. The van der Waals surface area contributed by atoms with Crippen LogP contribution in [0.4, 0.5) is 0 Å². The molecule has 2 aromatic rings. The van der Waals surface area contributed by atoms with Gasteiger partial charge in [0.05, 0.1) is 10.6 Å². The molecule has 0 aromatic heterocycles. The van der Waals surface area contributed by atoms with Gasteiger partial charge >= 0.3 is 5.97 Å². The number of ether oxygens (including phenoxy) is 3. The molecule has 1 aliphatic rings. The van der Waals surface area contributed by atoms with Crippen molar-refractivity contribution in [2.75, 3.05) is 19.8 Å². The molecule has 0 atom stereocenters. The SMILES string of the molecule is O=C(CNC(=O)c1ccc(Cl)cc1Cl)OCc1cc2c(cc1Br)OCCO2. The lowest BCUT2D eigenvalue weighted by Crippen LogP contribution is -2.30. The maximum absolute atomic E-state index is 12.1. The molecule has 0 radical (unpaired) electrons. The summed E-state index contributed by atoms with van der Waals surface area (Å²) < 4.78 is 16.9. The summed E-state index contributed by atoms with van der Waals surface area (Å²) in [6.07, 6.45) is 0. The molecule has 142 valence electrons. The summed E-state index contributed by atoms with van der Waals surface area (Å²) in [5.74, 6) is 0.154. The lowest BCUT2D eigenvalue weighted by molar-refractivity contribution is -0.143. The third kappa shape index (κ3) is 5.06. The number of carbonyl (C=O) groups excluding carboxylic acids is 2. The molecule has 9 heteroatoms. The van der Waals surface area contributed by atoms with Crippen LogP contribution < -0.4 is 14.8 Å². The number of benzene rings is 2. The Morgan fingerprint density at radius 3 is 2.52 bits per heavy atom. The first kappa shape index (κ1) is 19.8. The van der Waals surface area contributed by atoms with Crippen molar-refractivity contribution >= 4 is 51.0 Å². The topological polar surface area (TPSA) is 73.9 Å². The van der Waals surface area contributed by atoms with Crippen molar-refractivity contribution in [1.29, 1.82) is 0 Å². The second kappa shape index (κ2) is 8.82. The van der Waals surface area contributed by atoms with Gasteiger partial charge in [-0.25, -0.2) is 0 Å². The predicted octanol–water partition coefficient (Wildman–Crippen LogP) is 4.00. The standard InChI is InChI=1S/C18H14BrCl2NO5/c19-13-7-16-15(25-3-4-26-16)5-10(13)9-27-17(23)8-22-18(24)12-2-1-11(20)6-14(12)21/h1-2,5-7H,3-4,8-9H2,(H,22,24). The first-order valence-electron chi connectivity index (χ1n) is 7.91. The zero-order valence-corrected chi connectivity index (χ0v) is 17.0. The summed E-state index contributed by atoms with van der Waals surface area (Å²) in [6, 6.07) is 7.99. The van der Waals surface area contributed by atoms with Crippen molar-refractivity contribution in [2.45, 2.75) is 6.61 Å². The first-order valence-corrected chi connectivity index (χ1v) is 9.46. The number of nitrogens with one attached hydrogen (secondary N) is 1. The summed E-state index contributed by atoms with van der Waals surface area (Å²) in [6.45, 7) is 0.686. The van der Waals surface area contributed by atoms with Crippen molar-refractivity contribution < 1.29 is 23.8 Å². The molecule has 1 heterocycles. The molecular formula is C18H14BrCl2NO5. The van der Waals surface area contributed by atoms with Crippen molar-refractivity contribution in [1.82, 2.24) is 5.32 Å². The molecule has 0 aliphatic carbocycles. The normalized spacial score (nSPS) is 12.4. The predicted molar refractivity (Wildman–Crippen MR) is 104 cm³/mol. The van der Waals surface area contributed by atoms with Crippen LogP contribution in [-0.4, -0.2) is 31.6 Å². The highest BCUT2D eigenvalue weighted by molar-refractivity contribution is 9.10. The molecular weight excluding hydrogens is 461 g/mol. The number of hydrogen-bond acceptors (Lipinski definition) is 5. The highest BCUT2D eigenvalue weighted by Crippen LogP contribution is 2.35. The van der Waals surface area contributed by atoms with Crippen LogP contribution in [0.3, 0.4) is 0 Å². The molecule has 0 spiro atoms. The second-order valence-corrected chi connectivity index (χ2v) is 7.25. The molecule has 0 saturated heterocycles. The van der Waals surface area contributed by atoms with Gasteiger partial charge in [0, 0.05) is 15.1 Å². The molecule has 0 saturated carbocycles. The quantitative estimate of drug-likeness (QED) is 0.663. The van der Waals surface area contributed by atoms with Gasteiger partial charge in [0.15, 0.2) is 11.5 Å². The number of esters is 1. The van der Waals surface area contributed by atoms with Crippen LogP contribution in [0.2, 0.25) is 10.0 Å². The van der Waals surface area contributed by atoms with Crippen molar-refractivity contribution in [2.24, 2.45) is 0 Å². The Bertz CT molecular complexity index is 890. The summed E-state index contributed by atoms with van der Waals surface area (Å²) >= 11 is 15.2. The number of fused-ring (bicyclic) bond motifs is 1. The number of rotatable bonds is 5. The Morgan fingerprint density at radius 1 is 1.11 bits per heavy atom. The molecule has 6 nitrogen and oxygen atoms in total. The fourth-order valence-electron chi connectivity index (χ4n) is 2.35. The summed E-state index contributed by atoms with van der Waals surface area (Å²) in [7, 11) is 0.